The summed E-state index contributed by atoms with van der Waals surface area (Å²) in [7, 11) is 0. The fraction of sp³-hybridized carbons (Fsp3) is 0. The number of hydrogen-bond donors (Lipinski definition) is 0. The van der Waals surface area contributed by atoms with Gasteiger partial charge >= 0.3 is 0 Å². The molecule has 0 atom stereocenters. The molecule has 0 heterocycles. The normalized spacial score (nSPS) is 10.4. The van der Waals surface area contributed by atoms with Gasteiger partial charge in [0.15, 0.2) is 0 Å². The third-order valence-corrected chi connectivity index (χ3v) is 2.58. The molecule has 0 aliphatic carbocycles. The molecule has 2 heteroatoms. The molecule has 2 aromatic carbocycles. The average Bonchev–Trinajstić information content (AvgIpc) is 2.45. The lowest BCUT2D eigenvalue weighted by Gasteiger charge is -1.99. The fourth-order valence-electron chi connectivity index (χ4n) is 1.65. The van der Waals surface area contributed by atoms with Crippen LogP contribution in [-0.4, -0.2) is 12.6 Å². The lowest BCUT2D eigenvalue weighted by Crippen LogP contribution is -1.87. The second kappa shape index (κ2) is 5.73. The van der Waals surface area contributed by atoms with E-state index in [0.29, 0.717) is 11.1 Å². The Morgan fingerprint density at radius 1 is 0.667 bits per heavy atom. The number of hydrogen-bond acceptors (Lipinski definition) is 2. The molecule has 0 saturated carbocycles. The first-order valence-corrected chi connectivity index (χ1v) is 5.47. The van der Waals surface area contributed by atoms with Crippen molar-refractivity contribution in [2.24, 2.45) is 0 Å². The Balaban J connectivity index is 2.35. The summed E-state index contributed by atoms with van der Waals surface area (Å²) in [6.07, 6.45) is 7.34. The highest BCUT2D eigenvalue weighted by molar-refractivity contribution is 5.88. The fourth-order valence-corrected chi connectivity index (χ4v) is 1.65. The summed E-state index contributed by atoms with van der Waals surface area (Å²) in [5.74, 6) is 0. The van der Waals surface area contributed by atoms with E-state index in [0.717, 1.165) is 11.1 Å². The van der Waals surface area contributed by atoms with Gasteiger partial charge in [0, 0.05) is 11.1 Å². The topological polar surface area (TPSA) is 34.1 Å². The van der Waals surface area contributed by atoms with Crippen molar-refractivity contribution in [2.45, 2.75) is 0 Å². The number of rotatable bonds is 4. The lowest BCUT2D eigenvalue weighted by atomic mass is 10.0. The number of benzene rings is 2. The molecule has 0 N–H and O–H groups in total. The molecule has 2 radical (unpaired) electrons. The molecule has 18 heavy (non-hydrogen) atoms. The van der Waals surface area contributed by atoms with Gasteiger partial charge in [-0.25, -0.2) is 0 Å². The lowest BCUT2D eigenvalue weighted by molar-refractivity contribution is 0.562. The highest BCUT2D eigenvalue weighted by Crippen LogP contribution is 2.13. The van der Waals surface area contributed by atoms with Crippen LogP contribution in [-0.2, 0) is 9.59 Å². The van der Waals surface area contributed by atoms with E-state index in [4.69, 9.17) is 0 Å². The summed E-state index contributed by atoms with van der Waals surface area (Å²) in [6, 6.07) is 14.3. The second-order valence-corrected chi connectivity index (χ2v) is 3.71. The molecule has 2 rings (SSSR count). The van der Waals surface area contributed by atoms with Crippen LogP contribution >= 0.6 is 0 Å². The maximum Gasteiger partial charge on any atom is 0.234 e. The zero-order valence-corrected chi connectivity index (χ0v) is 9.59. The minimum absolute atomic E-state index is 0.501. The molecular formula is C16H10O2. The minimum atomic E-state index is 0.501. The van der Waals surface area contributed by atoms with Crippen molar-refractivity contribution in [1.29, 1.82) is 0 Å². The molecular weight excluding hydrogens is 224 g/mol. The van der Waals surface area contributed by atoms with Gasteiger partial charge in [0.05, 0.1) is 0 Å². The predicted molar refractivity (Wildman–Crippen MR) is 71.4 cm³/mol. The molecule has 2 nitrogen and oxygen atoms in total. The van der Waals surface area contributed by atoms with Crippen molar-refractivity contribution >= 4 is 24.7 Å². The van der Waals surface area contributed by atoms with Crippen LogP contribution in [0.3, 0.4) is 0 Å². The van der Waals surface area contributed by atoms with Crippen LogP contribution in [0, 0.1) is 0 Å². The zero-order valence-electron chi connectivity index (χ0n) is 9.59. The summed E-state index contributed by atoms with van der Waals surface area (Å²) in [5.41, 5.74) is 2.55. The van der Waals surface area contributed by atoms with E-state index in [1.807, 2.05) is 36.8 Å². The van der Waals surface area contributed by atoms with E-state index in [1.165, 1.54) is 0 Å². The third kappa shape index (κ3) is 2.61. The van der Waals surface area contributed by atoms with Gasteiger partial charge in [0.2, 0.25) is 12.6 Å². The molecule has 0 spiro atoms. The highest BCUT2D eigenvalue weighted by atomic mass is 16.1. The standard InChI is InChI=1S/C16H10O2/c17-11-15-7-3-1-5-13(15)9-10-14-6-2-4-8-16(14)12-18/h1-10H/b10-9+. The SMILES string of the molecule is O=[C]c1ccccc1/C=C/c1ccccc1[C]=O. The van der Waals surface area contributed by atoms with Crippen LogP contribution in [0.4, 0.5) is 0 Å². The maximum absolute atomic E-state index is 10.7. The Morgan fingerprint density at radius 3 is 1.44 bits per heavy atom. The quantitative estimate of drug-likeness (QED) is 0.762. The Morgan fingerprint density at radius 2 is 1.06 bits per heavy atom. The van der Waals surface area contributed by atoms with Crippen LogP contribution in [0.25, 0.3) is 12.2 Å². The van der Waals surface area contributed by atoms with Gasteiger partial charge in [-0.05, 0) is 11.1 Å². The first-order valence-electron chi connectivity index (χ1n) is 5.47. The predicted octanol–water partition coefficient (Wildman–Crippen LogP) is 2.77. The molecule has 2 aromatic rings. The van der Waals surface area contributed by atoms with Crippen molar-refractivity contribution in [1.82, 2.24) is 0 Å². The average molecular weight is 234 g/mol. The largest absolute Gasteiger partial charge is 0.285 e. The van der Waals surface area contributed by atoms with E-state index < -0.39 is 0 Å². The monoisotopic (exact) mass is 234 g/mol. The van der Waals surface area contributed by atoms with E-state index in [9.17, 15) is 9.59 Å². The second-order valence-electron chi connectivity index (χ2n) is 3.71. The Bertz CT molecular complexity index is 544. The van der Waals surface area contributed by atoms with Crippen molar-refractivity contribution in [3.05, 3.63) is 70.8 Å². The first kappa shape index (κ1) is 12.0. The first-order chi connectivity index (χ1) is 8.85. The van der Waals surface area contributed by atoms with Crippen molar-refractivity contribution in [3.8, 4) is 0 Å². The Kier molecular flexibility index (Phi) is 3.82. The van der Waals surface area contributed by atoms with Gasteiger partial charge in [-0.1, -0.05) is 60.7 Å². The molecule has 0 aromatic heterocycles. The van der Waals surface area contributed by atoms with Crippen molar-refractivity contribution in [3.63, 3.8) is 0 Å². The van der Waals surface area contributed by atoms with E-state index in [-0.39, 0.29) is 0 Å². The summed E-state index contributed by atoms with van der Waals surface area (Å²) in [6.45, 7) is 0. The Labute approximate surface area is 106 Å². The zero-order chi connectivity index (χ0) is 12.8. The molecule has 0 amide bonds. The van der Waals surface area contributed by atoms with E-state index >= 15 is 0 Å². The van der Waals surface area contributed by atoms with Crippen LogP contribution in [0.5, 0.6) is 0 Å². The van der Waals surface area contributed by atoms with Gasteiger partial charge < -0.3 is 0 Å². The van der Waals surface area contributed by atoms with Crippen LogP contribution in [0.15, 0.2) is 48.5 Å². The molecule has 0 unspecified atom stereocenters. The molecule has 0 aliphatic heterocycles. The van der Waals surface area contributed by atoms with Crippen LogP contribution in [0.2, 0.25) is 0 Å². The summed E-state index contributed by atoms with van der Waals surface area (Å²) < 4.78 is 0. The van der Waals surface area contributed by atoms with Crippen molar-refractivity contribution < 1.29 is 9.59 Å². The summed E-state index contributed by atoms with van der Waals surface area (Å²) >= 11 is 0. The van der Waals surface area contributed by atoms with Crippen molar-refractivity contribution in [2.75, 3.05) is 0 Å². The molecule has 86 valence electrons. The van der Waals surface area contributed by atoms with Gasteiger partial charge in [-0.2, -0.15) is 0 Å². The Hall–Kier alpha value is -2.48. The molecule has 0 fully saturated rings. The molecule has 0 bridgehead atoms. The van der Waals surface area contributed by atoms with Crippen LogP contribution in [0.1, 0.15) is 22.3 Å². The van der Waals surface area contributed by atoms with Gasteiger partial charge in [-0.3, -0.25) is 9.59 Å². The molecule has 0 aliphatic rings. The maximum atomic E-state index is 10.7. The third-order valence-electron chi connectivity index (χ3n) is 2.58. The van der Waals surface area contributed by atoms with E-state index in [1.54, 1.807) is 36.4 Å². The van der Waals surface area contributed by atoms with E-state index in [2.05, 4.69) is 0 Å². The van der Waals surface area contributed by atoms with Gasteiger partial charge in [-0.15, -0.1) is 0 Å². The van der Waals surface area contributed by atoms with Gasteiger partial charge in [0.25, 0.3) is 0 Å². The van der Waals surface area contributed by atoms with Gasteiger partial charge in [0.1, 0.15) is 0 Å². The minimum Gasteiger partial charge on any atom is -0.285 e. The number of carbonyl (C=O) groups excluding carboxylic acids is 2. The summed E-state index contributed by atoms with van der Waals surface area (Å²) in [5, 5.41) is 0. The van der Waals surface area contributed by atoms with Crippen LogP contribution < -0.4 is 0 Å². The summed E-state index contributed by atoms with van der Waals surface area (Å²) in [4.78, 5) is 21.5. The molecule has 0 saturated heterocycles. The highest BCUT2D eigenvalue weighted by Gasteiger charge is 1.99. The smallest absolute Gasteiger partial charge is 0.234 e.